The normalized spacial score (nSPS) is 10.8. The summed E-state index contributed by atoms with van der Waals surface area (Å²) >= 11 is 6.00. The molecule has 2 aromatic rings. The van der Waals surface area contributed by atoms with Gasteiger partial charge in [0, 0.05) is 22.5 Å². The molecule has 0 amide bonds. The second-order valence-corrected chi connectivity index (χ2v) is 4.31. The first-order chi connectivity index (χ1) is 8.66. The number of benzene rings is 1. The highest BCUT2D eigenvalue weighted by atomic mass is 35.5. The monoisotopic (exact) mass is 257 g/mol. The largest absolute Gasteiger partial charge is 0.289 e. The summed E-state index contributed by atoms with van der Waals surface area (Å²) in [4.78, 5) is 16.0. The van der Waals surface area contributed by atoms with Crippen LogP contribution in [0.5, 0.6) is 0 Å². The zero-order chi connectivity index (χ0) is 13.0. The van der Waals surface area contributed by atoms with E-state index in [1.807, 2.05) is 31.2 Å². The lowest BCUT2D eigenvalue weighted by atomic mass is 10.1. The van der Waals surface area contributed by atoms with E-state index in [4.69, 9.17) is 11.6 Å². The number of rotatable bonds is 3. The van der Waals surface area contributed by atoms with Gasteiger partial charge in [-0.2, -0.15) is 0 Å². The highest BCUT2D eigenvalue weighted by Crippen LogP contribution is 2.16. The molecule has 3 heteroatoms. The summed E-state index contributed by atoms with van der Waals surface area (Å²) in [5.74, 6) is -0.0811. The average molecular weight is 258 g/mol. The van der Waals surface area contributed by atoms with Crippen molar-refractivity contribution in [3.63, 3.8) is 0 Å². The molecule has 2 rings (SSSR count). The van der Waals surface area contributed by atoms with Crippen LogP contribution in [0.4, 0.5) is 0 Å². The van der Waals surface area contributed by atoms with E-state index in [9.17, 15) is 4.79 Å². The molecular weight excluding hydrogens is 246 g/mol. The predicted octanol–water partition coefficient (Wildman–Crippen LogP) is 3.94. The van der Waals surface area contributed by atoms with E-state index < -0.39 is 0 Å². The van der Waals surface area contributed by atoms with Gasteiger partial charge in [0.25, 0.3) is 0 Å². The Kier molecular flexibility index (Phi) is 3.90. The SMILES string of the molecule is Cc1ccc(C(=O)/C=C/c2ccccc2Cl)cn1. The van der Waals surface area contributed by atoms with Crippen LogP contribution in [0, 0.1) is 6.92 Å². The van der Waals surface area contributed by atoms with Gasteiger partial charge in [0.15, 0.2) is 5.78 Å². The third-order valence-corrected chi connectivity index (χ3v) is 2.86. The number of carbonyl (C=O) groups excluding carboxylic acids is 1. The summed E-state index contributed by atoms with van der Waals surface area (Å²) in [5.41, 5.74) is 2.29. The highest BCUT2D eigenvalue weighted by molar-refractivity contribution is 6.32. The van der Waals surface area contributed by atoms with Crippen LogP contribution >= 0.6 is 11.6 Å². The number of allylic oxidation sites excluding steroid dienone is 1. The summed E-state index contributed by atoms with van der Waals surface area (Å²) in [6, 6.07) is 11.0. The Labute approximate surface area is 111 Å². The first kappa shape index (κ1) is 12.5. The number of pyridine rings is 1. The van der Waals surface area contributed by atoms with Gasteiger partial charge in [0.05, 0.1) is 0 Å². The van der Waals surface area contributed by atoms with Crippen LogP contribution in [-0.4, -0.2) is 10.8 Å². The Hall–Kier alpha value is -1.93. The fourth-order valence-electron chi connectivity index (χ4n) is 1.49. The zero-order valence-corrected chi connectivity index (χ0v) is 10.7. The molecule has 0 spiro atoms. The zero-order valence-electron chi connectivity index (χ0n) is 9.93. The van der Waals surface area contributed by atoms with Crippen molar-refractivity contribution in [3.8, 4) is 0 Å². The molecule has 0 saturated carbocycles. The lowest BCUT2D eigenvalue weighted by molar-refractivity contribution is 0.104. The number of carbonyl (C=O) groups is 1. The third-order valence-electron chi connectivity index (χ3n) is 2.52. The van der Waals surface area contributed by atoms with Gasteiger partial charge in [0.1, 0.15) is 0 Å². The topological polar surface area (TPSA) is 30.0 Å². The smallest absolute Gasteiger partial charge is 0.187 e. The van der Waals surface area contributed by atoms with Crippen molar-refractivity contribution in [1.82, 2.24) is 4.98 Å². The van der Waals surface area contributed by atoms with E-state index >= 15 is 0 Å². The molecule has 0 saturated heterocycles. The molecule has 0 bridgehead atoms. The fourth-order valence-corrected chi connectivity index (χ4v) is 1.68. The summed E-state index contributed by atoms with van der Waals surface area (Å²) in [7, 11) is 0. The van der Waals surface area contributed by atoms with Crippen molar-refractivity contribution < 1.29 is 4.79 Å². The van der Waals surface area contributed by atoms with Crippen LogP contribution < -0.4 is 0 Å². The van der Waals surface area contributed by atoms with Crippen LogP contribution in [0.25, 0.3) is 6.08 Å². The average Bonchev–Trinajstić information content (AvgIpc) is 2.38. The molecule has 1 aromatic carbocycles. The van der Waals surface area contributed by atoms with E-state index in [2.05, 4.69) is 4.98 Å². The summed E-state index contributed by atoms with van der Waals surface area (Å²) in [6.45, 7) is 1.88. The van der Waals surface area contributed by atoms with Gasteiger partial charge in [-0.25, -0.2) is 0 Å². The fraction of sp³-hybridized carbons (Fsp3) is 0.0667. The van der Waals surface area contributed by atoms with Gasteiger partial charge in [0.2, 0.25) is 0 Å². The Morgan fingerprint density at radius 3 is 2.67 bits per heavy atom. The second-order valence-electron chi connectivity index (χ2n) is 3.91. The number of nitrogens with zero attached hydrogens (tertiary/aromatic N) is 1. The van der Waals surface area contributed by atoms with Crippen molar-refractivity contribution in [2.75, 3.05) is 0 Å². The Morgan fingerprint density at radius 2 is 2.00 bits per heavy atom. The standard InChI is InChI=1S/C15H12ClNO/c1-11-6-7-13(10-17-11)15(18)9-8-12-4-2-3-5-14(12)16/h2-10H,1H3/b9-8+. The van der Waals surface area contributed by atoms with Gasteiger partial charge < -0.3 is 0 Å². The first-order valence-corrected chi connectivity index (χ1v) is 5.94. The highest BCUT2D eigenvalue weighted by Gasteiger charge is 2.02. The van der Waals surface area contributed by atoms with Crippen molar-refractivity contribution in [2.24, 2.45) is 0 Å². The molecule has 0 atom stereocenters. The summed E-state index contributed by atoms with van der Waals surface area (Å²) in [5, 5.41) is 0.628. The van der Waals surface area contributed by atoms with E-state index in [0.29, 0.717) is 10.6 Å². The number of aromatic nitrogens is 1. The lowest BCUT2D eigenvalue weighted by Gasteiger charge is -1.98. The van der Waals surface area contributed by atoms with Crippen LogP contribution in [0.3, 0.4) is 0 Å². The lowest BCUT2D eigenvalue weighted by Crippen LogP contribution is -1.95. The van der Waals surface area contributed by atoms with E-state index in [-0.39, 0.29) is 5.78 Å². The molecule has 18 heavy (non-hydrogen) atoms. The Balaban J connectivity index is 2.17. The number of aryl methyl sites for hydroxylation is 1. The van der Waals surface area contributed by atoms with Crippen LogP contribution in [0.2, 0.25) is 5.02 Å². The van der Waals surface area contributed by atoms with Gasteiger partial charge in [-0.05, 0) is 42.8 Å². The first-order valence-electron chi connectivity index (χ1n) is 5.56. The van der Waals surface area contributed by atoms with Crippen molar-refractivity contribution >= 4 is 23.5 Å². The molecule has 0 fully saturated rings. The minimum absolute atomic E-state index is 0.0811. The maximum atomic E-state index is 11.9. The van der Waals surface area contributed by atoms with E-state index in [1.54, 1.807) is 24.4 Å². The van der Waals surface area contributed by atoms with Crippen molar-refractivity contribution in [3.05, 3.63) is 70.5 Å². The molecule has 0 aliphatic heterocycles. The van der Waals surface area contributed by atoms with Crippen molar-refractivity contribution in [1.29, 1.82) is 0 Å². The minimum atomic E-state index is -0.0811. The Morgan fingerprint density at radius 1 is 1.22 bits per heavy atom. The number of hydrogen-bond acceptors (Lipinski definition) is 2. The maximum Gasteiger partial charge on any atom is 0.187 e. The molecule has 0 unspecified atom stereocenters. The predicted molar refractivity (Wildman–Crippen MR) is 73.8 cm³/mol. The molecule has 90 valence electrons. The Bertz CT molecular complexity index is 588. The van der Waals surface area contributed by atoms with Gasteiger partial charge >= 0.3 is 0 Å². The van der Waals surface area contributed by atoms with Crippen molar-refractivity contribution in [2.45, 2.75) is 6.92 Å². The van der Waals surface area contributed by atoms with Gasteiger partial charge in [-0.15, -0.1) is 0 Å². The number of halogens is 1. The van der Waals surface area contributed by atoms with Crippen LogP contribution in [0.15, 0.2) is 48.7 Å². The summed E-state index contributed by atoms with van der Waals surface area (Å²) < 4.78 is 0. The third kappa shape index (κ3) is 3.05. The van der Waals surface area contributed by atoms with Crippen LogP contribution in [-0.2, 0) is 0 Å². The van der Waals surface area contributed by atoms with Gasteiger partial charge in [-0.3, -0.25) is 9.78 Å². The molecular formula is C15H12ClNO. The number of hydrogen-bond donors (Lipinski definition) is 0. The van der Waals surface area contributed by atoms with Gasteiger partial charge in [-0.1, -0.05) is 29.8 Å². The molecule has 1 aromatic heterocycles. The molecule has 0 radical (unpaired) electrons. The van der Waals surface area contributed by atoms with E-state index in [0.717, 1.165) is 11.3 Å². The molecule has 2 nitrogen and oxygen atoms in total. The molecule has 0 aliphatic carbocycles. The number of ketones is 1. The molecule has 0 N–H and O–H groups in total. The second kappa shape index (κ2) is 5.61. The summed E-state index contributed by atoms with van der Waals surface area (Å²) in [6.07, 6.45) is 4.80. The minimum Gasteiger partial charge on any atom is -0.289 e. The molecule has 0 aliphatic rings. The van der Waals surface area contributed by atoms with Crippen LogP contribution in [0.1, 0.15) is 21.6 Å². The maximum absolute atomic E-state index is 11.9. The quantitative estimate of drug-likeness (QED) is 0.616. The van der Waals surface area contributed by atoms with E-state index in [1.165, 1.54) is 6.08 Å². The molecule has 1 heterocycles.